The minimum absolute atomic E-state index is 0.0989. The summed E-state index contributed by atoms with van der Waals surface area (Å²) < 4.78 is 35.7. The van der Waals surface area contributed by atoms with Crippen LogP contribution in [0.1, 0.15) is 99.9 Å². The lowest BCUT2D eigenvalue weighted by Crippen LogP contribution is -2.69. The van der Waals surface area contributed by atoms with Crippen molar-refractivity contribution in [2.75, 3.05) is 0 Å². The highest BCUT2D eigenvalue weighted by Gasteiger charge is 2.73. The molecule has 9 atom stereocenters. The number of aliphatic hydroxyl groups is 1. The second kappa shape index (κ2) is 10.5. The first-order valence-electron chi connectivity index (χ1n) is 16.6. The van der Waals surface area contributed by atoms with Gasteiger partial charge in [-0.3, -0.25) is 0 Å². The van der Waals surface area contributed by atoms with Gasteiger partial charge in [-0.2, -0.15) is 0 Å². The maximum atomic E-state index is 12.0. The van der Waals surface area contributed by atoms with E-state index in [9.17, 15) is 5.11 Å². The molecule has 2 aliphatic heterocycles. The van der Waals surface area contributed by atoms with E-state index in [0.29, 0.717) is 6.42 Å². The lowest BCUT2D eigenvalue weighted by atomic mass is 9.48. The van der Waals surface area contributed by atoms with Crippen LogP contribution in [0, 0.1) is 16.7 Å². The van der Waals surface area contributed by atoms with E-state index < -0.39 is 37.5 Å². The first-order valence-corrected chi connectivity index (χ1v) is 19.1. The molecule has 2 saturated heterocycles. The molecule has 0 amide bonds. The second-order valence-electron chi connectivity index (χ2n) is 15.1. The molecule has 0 aromatic heterocycles. The Kier molecular flexibility index (Phi) is 7.74. The molecule has 42 heavy (non-hydrogen) atoms. The summed E-state index contributed by atoms with van der Waals surface area (Å²) in [4.78, 5) is 0. The standard InChI is InChI=1S/C35H54O6Si/c1-10-42(11-2,12-3)41-25-21-35-29(37-31(40-35)23-17-14-13-15-18-23)27-24(36)19-16-20-34(27,9)30-28(38-33(7,8)39-30)26(22(25)4)32(35,5)6/h13-15,17-18,24-25,27-31,36H,10-12,16,19-21H2,1-9H3/t24-,25+,27+,28-,29+,30+,31?,34-,35-/m1/s1. The van der Waals surface area contributed by atoms with Gasteiger partial charge < -0.3 is 28.5 Å². The monoisotopic (exact) mass is 598 g/mol. The summed E-state index contributed by atoms with van der Waals surface area (Å²) in [6, 6.07) is 13.6. The van der Waals surface area contributed by atoms with Gasteiger partial charge in [0.2, 0.25) is 0 Å². The molecule has 0 radical (unpaired) electrons. The molecule has 7 heteroatoms. The Labute approximate surface area is 254 Å². The molecule has 4 fully saturated rings. The molecule has 6 rings (SSSR count). The van der Waals surface area contributed by atoms with Crippen LogP contribution in [0.25, 0.3) is 0 Å². The van der Waals surface area contributed by atoms with E-state index in [-0.39, 0.29) is 35.7 Å². The number of hydrogen-bond donors (Lipinski definition) is 1. The molecule has 2 heterocycles. The van der Waals surface area contributed by atoms with Crippen molar-refractivity contribution in [3.63, 3.8) is 0 Å². The summed E-state index contributed by atoms with van der Waals surface area (Å²) in [5.74, 6) is -0.909. The normalized spacial score (nSPS) is 42.4. The summed E-state index contributed by atoms with van der Waals surface area (Å²) in [5, 5.41) is 12.0. The SMILES string of the molecule is CC[Si](CC)(CC)O[C@H]1C[C@@]23OC(c4ccccc4)O[C@H]2[C@@H]2[C@H](O)CCC[C@@]2(C)[C@H]2OC(C)(C)O[C@@H]2C(=C1C)C3(C)C. The van der Waals surface area contributed by atoms with Crippen LogP contribution in [0.3, 0.4) is 0 Å². The molecular weight excluding hydrogens is 544 g/mol. The first-order chi connectivity index (χ1) is 19.8. The molecule has 6 nitrogen and oxygen atoms in total. The Bertz CT molecular complexity index is 1180. The zero-order valence-corrected chi connectivity index (χ0v) is 28.4. The summed E-state index contributed by atoms with van der Waals surface area (Å²) in [6.07, 6.45) is 1.44. The number of aliphatic hydroxyl groups excluding tert-OH is 1. The topological polar surface area (TPSA) is 66.4 Å². The van der Waals surface area contributed by atoms with Gasteiger partial charge in [0.25, 0.3) is 0 Å². The van der Waals surface area contributed by atoms with Crippen LogP contribution in [-0.2, 0) is 23.4 Å². The highest BCUT2D eigenvalue weighted by molar-refractivity contribution is 6.73. The molecule has 1 unspecified atom stereocenters. The average molecular weight is 599 g/mol. The Morgan fingerprint density at radius 3 is 2.24 bits per heavy atom. The van der Waals surface area contributed by atoms with Crippen molar-refractivity contribution in [3.05, 3.63) is 47.0 Å². The number of benzene rings is 1. The van der Waals surface area contributed by atoms with Crippen LogP contribution in [-0.4, -0.2) is 55.3 Å². The van der Waals surface area contributed by atoms with Crippen molar-refractivity contribution in [3.8, 4) is 0 Å². The number of ether oxygens (including phenoxy) is 4. The number of rotatable bonds is 6. The van der Waals surface area contributed by atoms with Crippen LogP contribution in [0.4, 0.5) is 0 Å². The van der Waals surface area contributed by atoms with Gasteiger partial charge in [-0.05, 0) is 62.9 Å². The zero-order chi connectivity index (χ0) is 30.3. The summed E-state index contributed by atoms with van der Waals surface area (Å²) in [6.45, 7) is 20.2. The van der Waals surface area contributed by atoms with E-state index in [1.807, 2.05) is 32.0 Å². The Balaban J connectivity index is 1.60. The highest BCUT2D eigenvalue weighted by Crippen LogP contribution is 2.67. The third-order valence-electron chi connectivity index (χ3n) is 12.3. The van der Waals surface area contributed by atoms with E-state index >= 15 is 0 Å². The van der Waals surface area contributed by atoms with E-state index in [2.05, 4.69) is 60.6 Å². The van der Waals surface area contributed by atoms with E-state index in [4.69, 9.17) is 23.4 Å². The summed E-state index contributed by atoms with van der Waals surface area (Å²) in [7, 11) is -1.97. The van der Waals surface area contributed by atoms with Gasteiger partial charge in [-0.15, -0.1) is 0 Å². The van der Waals surface area contributed by atoms with Crippen molar-refractivity contribution in [1.82, 2.24) is 0 Å². The fraction of sp³-hybridized carbons (Fsp3) is 0.771. The second-order valence-corrected chi connectivity index (χ2v) is 19.8. The zero-order valence-electron chi connectivity index (χ0n) is 27.4. The third kappa shape index (κ3) is 4.39. The van der Waals surface area contributed by atoms with Gasteiger partial charge in [0.1, 0.15) is 11.7 Å². The highest BCUT2D eigenvalue weighted by atomic mass is 28.4. The lowest BCUT2D eigenvalue weighted by Gasteiger charge is -2.62. The number of fused-ring (bicyclic) bond motifs is 6. The maximum absolute atomic E-state index is 12.0. The Morgan fingerprint density at radius 1 is 0.929 bits per heavy atom. The van der Waals surface area contributed by atoms with E-state index in [1.165, 1.54) is 11.1 Å². The molecule has 1 aromatic carbocycles. The van der Waals surface area contributed by atoms with Crippen LogP contribution in [0.15, 0.2) is 41.5 Å². The molecular formula is C35H54O6Si. The fourth-order valence-corrected chi connectivity index (χ4v) is 12.6. The summed E-state index contributed by atoms with van der Waals surface area (Å²) >= 11 is 0. The van der Waals surface area contributed by atoms with E-state index in [1.54, 1.807) is 0 Å². The molecule has 1 aromatic rings. The maximum Gasteiger partial charge on any atom is 0.192 e. The quantitative estimate of drug-likeness (QED) is 0.268. The third-order valence-corrected chi connectivity index (χ3v) is 17.0. The van der Waals surface area contributed by atoms with Crippen LogP contribution < -0.4 is 0 Å². The van der Waals surface area contributed by atoms with Crippen molar-refractivity contribution < 1.29 is 28.5 Å². The molecule has 3 aliphatic carbocycles. The smallest absolute Gasteiger partial charge is 0.192 e. The van der Waals surface area contributed by atoms with Gasteiger partial charge in [0, 0.05) is 28.7 Å². The van der Waals surface area contributed by atoms with Gasteiger partial charge in [-0.25, -0.2) is 0 Å². The fourth-order valence-electron chi connectivity index (χ4n) is 9.73. The van der Waals surface area contributed by atoms with Crippen LogP contribution >= 0.6 is 0 Å². The minimum Gasteiger partial charge on any atom is -0.410 e. The largest absolute Gasteiger partial charge is 0.410 e. The van der Waals surface area contributed by atoms with Gasteiger partial charge >= 0.3 is 0 Å². The van der Waals surface area contributed by atoms with Crippen molar-refractivity contribution in [2.45, 2.75) is 154 Å². The van der Waals surface area contributed by atoms with Crippen LogP contribution in [0.2, 0.25) is 18.1 Å². The molecule has 234 valence electrons. The molecule has 1 spiro atoms. The van der Waals surface area contributed by atoms with E-state index in [0.717, 1.165) is 43.0 Å². The van der Waals surface area contributed by atoms with Gasteiger partial charge in [0.15, 0.2) is 20.4 Å². The summed E-state index contributed by atoms with van der Waals surface area (Å²) in [5.41, 5.74) is 2.02. The first kappa shape index (κ1) is 30.9. The molecule has 1 N–H and O–H groups in total. The Morgan fingerprint density at radius 2 is 1.60 bits per heavy atom. The Hall–Kier alpha value is -1.06. The van der Waals surface area contributed by atoms with Crippen LogP contribution in [0.5, 0.6) is 0 Å². The van der Waals surface area contributed by atoms with Gasteiger partial charge in [0.05, 0.1) is 24.4 Å². The molecule has 5 aliphatic rings. The predicted molar refractivity (Wildman–Crippen MR) is 166 cm³/mol. The predicted octanol–water partition coefficient (Wildman–Crippen LogP) is 7.68. The lowest BCUT2D eigenvalue weighted by molar-refractivity contribution is -0.201. The van der Waals surface area contributed by atoms with Crippen molar-refractivity contribution in [2.24, 2.45) is 16.7 Å². The van der Waals surface area contributed by atoms with Crippen molar-refractivity contribution in [1.29, 1.82) is 0 Å². The molecule has 2 bridgehead atoms. The van der Waals surface area contributed by atoms with Crippen molar-refractivity contribution >= 4 is 8.32 Å². The molecule has 2 saturated carbocycles. The number of hydrogen-bond acceptors (Lipinski definition) is 6. The minimum atomic E-state index is -1.97. The van der Waals surface area contributed by atoms with Gasteiger partial charge in [-0.1, -0.05) is 78.3 Å². The average Bonchev–Trinajstić information content (AvgIpc) is 3.49.